The predicted molar refractivity (Wildman–Crippen MR) is 160 cm³/mol. The highest BCUT2D eigenvalue weighted by Gasteiger charge is 2.44. The first-order valence-corrected chi connectivity index (χ1v) is 16.5. The number of nitrogens with one attached hydrogen (secondary N) is 2. The molecule has 2 bridgehead atoms. The number of aliphatic hydroxyl groups is 1. The van der Waals surface area contributed by atoms with Gasteiger partial charge in [0.2, 0.25) is 0 Å². The molecule has 4 aliphatic rings. The van der Waals surface area contributed by atoms with E-state index in [1.54, 1.807) is 24.3 Å². The molecule has 8 nitrogen and oxygen atoms in total. The summed E-state index contributed by atoms with van der Waals surface area (Å²) in [7, 11) is -4.09. The summed E-state index contributed by atoms with van der Waals surface area (Å²) in [4.78, 5) is 15.5. The predicted octanol–water partition coefficient (Wildman–Crippen LogP) is 4.50. The normalized spacial score (nSPS) is 32.0. The van der Waals surface area contributed by atoms with Crippen molar-refractivity contribution in [3.8, 4) is 5.75 Å². The number of anilines is 1. The molecule has 1 unspecified atom stereocenters. The number of aryl methyl sites for hydroxylation is 1. The van der Waals surface area contributed by atoms with Crippen LogP contribution in [-0.4, -0.2) is 51.3 Å². The molecule has 1 spiro atoms. The van der Waals surface area contributed by atoms with Crippen molar-refractivity contribution in [2.45, 2.75) is 69.4 Å². The highest BCUT2D eigenvalue weighted by molar-refractivity contribution is 7.88. The monoisotopic (exact) mass is 599 g/mol. The zero-order valence-electron chi connectivity index (χ0n) is 23.3. The number of amides is 1. The van der Waals surface area contributed by atoms with Crippen LogP contribution < -0.4 is 19.1 Å². The third-order valence-corrected chi connectivity index (χ3v) is 10.8. The van der Waals surface area contributed by atoms with Gasteiger partial charge in [0.1, 0.15) is 5.75 Å². The summed E-state index contributed by atoms with van der Waals surface area (Å²) in [6.07, 6.45) is 8.93. The smallest absolute Gasteiger partial charge is 0.301 e. The Morgan fingerprint density at radius 1 is 1.20 bits per heavy atom. The molecule has 2 aliphatic carbocycles. The number of carbonyl (C=O) groups excluding carboxylic acids is 1. The average Bonchev–Trinajstić information content (AvgIpc) is 3.06. The molecule has 0 aromatic heterocycles. The fourth-order valence-corrected chi connectivity index (χ4v) is 8.38. The van der Waals surface area contributed by atoms with Crippen LogP contribution in [0.1, 0.15) is 66.9 Å². The maximum Gasteiger partial charge on any atom is 0.301 e. The van der Waals surface area contributed by atoms with Gasteiger partial charge in [-0.2, -0.15) is 13.1 Å². The highest BCUT2D eigenvalue weighted by Crippen LogP contribution is 2.46. The Morgan fingerprint density at radius 3 is 2.83 bits per heavy atom. The molecule has 2 aromatic rings. The van der Waals surface area contributed by atoms with E-state index in [9.17, 15) is 18.3 Å². The molecule has 5 atom stereocenters. The van der Waals surface area contributed by atoms with Gasteiger partial charge in [-0.05, 0) is 98.2 Å². The van der Waals surface area contributed by atoms with E-state index >= 15 is 0 Å². The summed E-state index contributed by atoms with van der Waals surface area (Å²) < 4.78 is 37.0. The minimum Gasteiger partial charge on any atom is -0.490 e. The number of rotatable bonds is 1. The largest absolute Gasteiger partial charge is 0.490 e. The number of carbonyl (C=O) groups is 1. The van der Waals surface area contributed by atoms with E-state index in [-0.39, 0.29) is 22.8 Å². The lowest BCUT2D eigenvalue weighted by Gasteiger charge is -2.45. The van der Waals surface area contributed by atoms with Gasteiger partial charge in [-0.1, -0.05) is 36.7 Å². The van der Waals surface area contributed by atoms with Crippen LogP contribution in [0.3, 0.4) is 0 Å². The van der Waals surface area contributed by atoms with Crippen LogP contribution in [0.15, 0.2) is 48.6 Å². The minimum atomic E-state index is -4.09. The number of aliphatic hydroxyl groups excluding tert-OH is 1. The molecule has 0 radical (unpaired) electrons. The van der Waals surface area contributed by atoms with E-state index in [1.165, 1.54) is 11.1 Å². The van der Waals surface area contributed by atoms with Crippen molar-refractivity contribution in [1.29, 1.82) is 0 Å². The molecule has 3 N–H and O–H groups in total. The molecule has 0 saturated heterocycles. The first-order chi connectivity index (χ1) is 19.7. The molecule has 10 heteroatoms. The van der Waals surface area contributed by atoms with Gasteiger partial charge in [0.15, 0.2) is 0 Å². The second-order valence-electron chi connectivity index (χ2n) is 12.1. The number of fused-ring (bicyclic) bond motifs is 4. The van der Waals surface area contributed by atoms with Gasteiger partial charge in [0.05, 0.1) is 18.4 Å². The second kappa shape index (κ2) is 11.2. The third kappa shape index (κ3) is 5.74. The lowest BCUT2D eigenvalue weighted by molar-refractivity contribution is 0.0456. The Hall–Kier alpha value is -2.59. The molecule has 6 rings (SSSR count). The first kappa shape index (κ1) is 28.5. The van der Waals surface area contributed by atoms with Crippen LogP contribution >= 0.6 is 11.6 Å². The standard InChI is InChI=1S/C31H38ClN3O5S/c1-2-24-6-3-7-28(36)25-11-8-22(25)17-35-18-31(14-4-5-20-15-23(32)10-12-26(20)31)19-40-29-13-9-21(16-27(29)35)30(37)34-41(38,39)33-24/h3,7,9-10,12-13,15-16,22,24-25,28,33,36H,2,4-6,8,11,14,17-19H2,1H3,(H,34,37)/b7-3+/t22-,24?,25+,28-,31-/m0/s1. The third-order valence-electron chi connectivity index (χ3n) is 9.46. The average molecular weight is 600 g/mol. The van der Waals surface area contributed by atoms with Gasteiger partial charge < -0.3 is 14.7 Å². The Labute approximate surface area is 247 Å². The summed E-state index contributed by atoms with van der Waals surface area (Å²) >= 11 is 6.37. The number of hydrogen-bond acceptors (Lipinski definition) is 6. The Bertz CT molecular complexity index is 1460. The highest BCUT2D eigenvalue weighted by atomic mass is 35.5. The first-order valence-electron chi connectivity index (χ1n) is 14.7. The Kier molecular flexibility index (Phi) is 7.82. The Morgan fingerprint density at radius 2 is 2.05 bits per heavy atom. The van der Waals surface area contributed by atoms with Crippen molar-refractivity contribution in [1.82, 2.24) is 9.44 Å². The lowest BCUT2D eigenvalue weighted by atomic mass is 9.68. The number of ether oxygens (including phenoxy) is 1. The zero-order chi connectivity index (χ0) is 28.8. The molecule has 2 aromatic carbocycles. The molecule has 2 aliphatic heterocycles. The van der Waals surface area contributed by atoms with Crippen LogP contribution in [0.4, 0.5) is 5.69 Å². The molecule has 2 heterocycles. The van der Waals surface area contributed by atoms with Crippen LogP contribution in [-0.2, 0) is 22.0 Å². The van der Waals surface area contributed by atoms with E-state index in [1.807, 2.05) is 19.1 Å². The van der Waals surface area contributed by atoms with Crippen LogP contribution in [0.5, 0.6) is 5.75 Å². The van der Waals surface area contributed by atoms with Gasteiger partial charge >= 0.3 is 10.2 Å². The van der Waals surface area contributed by atoms with Crippen LogP contribution in [0.25, 0.3) is 0 Å². The van der Waals surface area contributed by atoms with Gasteiger partial charge in [0.25, 0.3) is 5.91 Å². The van der Waals surface area contributed by atoms with Gasteiger partial charge in [0, 0.05) is 35.1 Å². The van der Waals surface area contributed by atoms with Gasteiger partial charge in [-0.25, -0.2) is 4.72 Å². The minimum absolute atomic E-state index is 0.114. The molecule has 1 fully saturated rings. The fraction of sp³-hybridized carbons (Fsp3) is 0.516. The van der Waals surface area contributed by atoms with E-state index < -0.39 is 28.3 Å². The summed E-state index contributed by atoms with van der Waals surface area (Å²) in [6.45, 7) is 3.77. The SMILES string of the molecule is CCC1C/C=C/[C@H](O)[C@@H]2CC[C@H]2CN2C[C@@]3(CCCc4cc(Cl)ccc43)COc3ccc(cc32)C(=O)NS(=O)(=O)N1. The zero-order valence-corrected chi connectivity index (χ0v) is 24.9. The molecular formula is C31H38ClN3O5S. The van der Waals surface area contributed by atoms with Gasteiger partial charge in [-0.15, -0.1) is 0 Å². The van der Waals surface area contributed by atoms with E-state index in [4.69, 9.17) is 16.3 Å². The van der Waals surface area contributed by atoms with E-state index in [2.05, 4.69) is 26.5 Å². The summed E-state index contributed by atoms with van der Waals surface area (Å²) in [5.41, 5.74) is 3.26. The number of nitrogens with zero attached hydrogens (tertiary/aromatic N) is 1. The van der Waals surface area contributed by atoms with Crippen LogP contribution in [0.2, 0.25) is 5.02 Å². The van der Waals surface area contributed by atoms with Crippen LogP contribution in [0, 0.1) is 11.8 Å². The molecular weight excluding hydrogens is 562 g/mol. The summed E-state index contributed by atoms with van der Waals surface area (Å²) in [6, 6.07) is 10.9. The molecule has 220 valence electrons. The van der Waals surface area contributed by atoms with Crippen molar-refractivity contribution in [2.24, 2.45) is 11.8 Å². The molecule has 1 saturated carbocycles. The fourth-order valence-electron chi connectivity index (χ4n) is 7.06. The number of hydrogen-bond donors (Lipinski definition) is 3. The van der Waals surface area contributed by atoms with Crippen molar-refractivity contribution in [2.75, 3.05) is 24.6 Å². The van der Waals surface area contributed by atoms with Crippen molar-refractivity contribution < 1.29 is 23.1 Å². The molecule has 41 heavy (non-hydrogen) atoms. The summed E-state index contributed by atoms with van der Waals surface area (Å²) in [5, 5.41) is 11.8. The van der Waals surface area contributed by atoms with Crippen molar-refractivity contribution in [3.05, 3.63) is 70.3 Å². The van der Waals surface area contributed by atoms with E-state index in [0.29, 0.717) is 38.3 Å². The maximum atomic E-state index is 13.2. The maximum absolute atomic E-state index is 13.2. The lowest BCUT2D eigenvalue weighted by Crippen LogP contribution is -2.49. The van der Waals surface area contributed by atoms with Crippen molar-refractivity contribution in [3.63, 3.8) is 0 Å². The Balaban J connectivity index is 1.41. The quantitative estimate of drug-likeness (QED) is 0.417. The second-order valence-corrected chi connectivity index (χ2v) is 14.0. The van der Waals surface area contributed by atoms with E-state index in [0.717, 1.165) is 42.8 Å². The summed E-state index contributed by atoms with van der Waals surface area (Å²) in [5.74, 6) is 0.371. The number of benzene rings is 2. The van der Waals surface area contributed by atoms with Gasteiger partial charge in [-0.3, -0.25) is 4.79 Å². The molecule has 1 amide bonds. The topological polar surface area (TPSA) is 108 Å². The number of halogens is 1. The van der Waals surface area contributed by atoms with Crippen molar-refractivity contribution >= 4 is 33.4 Å².